The lowest BCUT2D eigenvalue weighted by atomic mass is 10.0. The molecule has 0 aliphatic carbocycles. The molecule has 0 fully saturated rings. The highest BCUT2D eigenvalue weighted by Crippen LogP contribution is 2.41. The number of hydrogen-bond donors (Lipinski definition) is 0. The van der Waals surface area contributed by atoms with Gasteiger partial charge in [-0.15, -0.1) is 0 Å². The summed E-state index contributed by atoms with van der Waals surface area (Å²) < 4.78 is 49.9. The number of hydrogen-bond acceptors (Lipinski definition) is 3. The predicted molar refractivity (Wildman–Crippen MR) is 126 cm³/mol. The van der Waals surface area contributed by atoms with Crippen LogP contribution in [0.4, 0.5) is 13.2 Å². The topological polar surface area (TPSA) is 39.9 Å². The van der Waals surface area contributed by atoms with Gasteiger partial charge in [0.05, 0.1) is 29.4 Å². The zero-order valence-electron chi connectivity index (χ0n) is 18.5. The number of ether oxygens (including phenoxy) is 1. The van der Waals surface area contributed by atoms with Crippen LogP contribution in [0.5, 0.6) is 5.75 Å². The van der Waals surface area contributed by atoms with Gasteiger partial charge < -0.3 is 4.74 Å². The molecule has 0 aliphatic rings. The molecule has 2 aromatic heterocycles. The van der Waals surface area contributed by atoms with Crippen LogP contribution in [-0.2, 0) is 6.18 Å². The van der Waals surface area contributed by atoms with Crippen LogP contribution in [0.1, 0.15) is 11.1 Å². The second-order valence-electron chi connectivity index (χ2n) is 7.94. The second kappa shape index (κ2) is 8.33. The maximum absolute atomic E-state index is 14.4. The summed E-state index contributed by atoms with van der Waals surface area (Å²) in [6, 6.07) is 24.2. The van der Waals surface area contributed by atoms with E-state index in [4.69, 9.17) is 4.74 Å². The molecule has 0 saturated carbocycles. The summed E-state index contributed by atoms with van der Waals surface area (Å²) in [5.41, 5.74) is 2.57. The molecular weight excluding hydrogens is 439 g/mol. The van der Waals surface area contributed by atoms with Crippen LogP contribution < -0.4 is 4.74 Å². The average Bonchev–Trinajstić information content (AvgIpc) is 3.23. The van der Waals surface area contributed by atoms with Gasteiger partial charge in [-0.1, -0.05) is 48.0 Å². The number of aryl methyl sites for hydroxylation is 1. The van der Waals surface area contributed by atoms with Crippen LogP contribution in [-0.4, -0.2) is 21.9 Å². The SMILES string of the molecule is COc1ccc(-c2cc(C(F)(F)F)c3c(-c4ccc(C)cc4)nn(-c4ccccc4)c3n2)cc1. The first kappa shape index (κ1) is 21.7. The van der Waals surface area contributed by atoms with Crippen LogP contribution in [0.3, 0.4) is 0 Å². The Morgan fingerprint density at radius 2 is 1.47 bits per heavy atom. The summed E-state index contributed by atoms with van der Waals surface area (Å²) in [5.74, 6) is 0.608. The van der Waals surface area contributed by atoms with Crippen molar-refractivity contribution in [1.82, 2.24) is 14.8 Å². The van der Waals surface area contributed by atoms with E-state index in [1.54, 1.807) is 48.5 Å². The van der Waals surface area contributed by atoms with Gasteiger partial charge in [0.1, 0.15) is 11.4 Å². The van der Waals surface area contributed by atoms with Gasteiger partial charge in [-0.3, -0.25) is 0 Å². The second-order valence-corrected chi connectivity index (χ2v) is 7.94. The summed E-state index contributed by atoms with van der Waals surface area (Å²) in [7, 11) is 1.53. The lowest BCUT2D eigenvalue weighted by Gasteiger charge is -2.12. The maximum Gasteiger partial charge on any atom is 0.417 e. The fourth-order valence-electron chi connectivity index (χ4n) is 3.91. The molecule has 0 unspecified atom stereocenters. The van der Waals surface area contributed by atoms with Crippen LogP contribution in [0, 0.1) is 6.92 Å². The van der Waals surface area contributed by atoms with E-state index < -0.39 is 11.7 Å². The van der Waals surface area contributed by atoms with Gasteiger partial charge in [-0.2, -0.15) is 18.3 Å². The number of benzene rings is 3. The molecule has 0 radical (unpaired) electrons. The number of halogens is 3. The zero-order chi connectivity index (χ0) is 23.9. The van der Waals surface area contributed by atoms with Crippen molar-refractivity contribution in [1.29, 1.82) is 0 Å². The molecule has 0 spiro atoms. The number of fused-ring (bicyclic) bond motifs is 1. The zero-order valence-corrected chi connectivity index (χ0v) is 18.5. The third kappa shape index (κ3) is 3.90. The summed E-state index contributed by atoms with van der Waals surface area (Å²) in [6.07, 6.45) is -4.60. The molecule has 0 saturated heterocycles. The fraction of sp³-hybridized carbons (Fsp3) is 0.111. The third-order valence-electron chi connectivity index (χ3n) is 5.65. The molecule has 5 rings (SSSR count). The van der Waals surface area contributed by atoms with E-state index in [1.807, 2.05) is 37.3 Å². The van der Waals surface area contributed by atoms with Crippen molar-refractivity contribution in [3.63, 3.8) is 0 Å². The Hall–Kier alpha value is -4.13. The van der Waals surface area contributed by atoms with E-state index in [1.165, 1.54) is 11.8 Å². The lowest BCUT2D eigenvalue weighted by Crippen LogP contribution is -2.08. The van der Waals surface area contributed by atoms with Crippen molar-refractivity contribution < 1.29 is 17.9 Å². The van der Waals surface area contributed by atoms with E-state index in [2.05, 4.69) is 10.1 Å². The van der Waals surface area contributed by atoms with Crippen molar-refractivity contribution in [3.05, 3.63) is 96.1 Å². The van der Waals surface area contributed by atoms with Crippen LogP contribution in [0.15, 0.2) is 84.9 Å². The van der Waals surface area contributed by atoms with Crippen molar-refractivity contribution in [2.75, 3.05) is 7.11 Å². The van der Waals surface area contributed by atoms with Gasteiger partial charge >= 0.3 is 6.18 Å². The number of para-hydroxylation sites is 1. The van der Waals surface area contributed by atoms with Crippen LogP contribution in [0.25, 0.3) is 39.2 Å². The van der Waals surface area contributed by atoms with Crippen LogP contribution >= 0.6 is 0 Å². The first-order chi connectivity index (χ1) is 16.3. The highest BCUT2D eigenvalue weighted by molar-refractivity contribution is 5.96. The summed E-state index contributed by atoms with van der Waals surface area (Å²) >= 11 is 0. The molecular formula is C27H20F3N3O. The normalized spacial score (nSPS) is 11.7. The summed E-state index contributed by atoms with van der Waals surface area (Å²) in [6.45, 7) is 1.92. The average molecular weight is 459 g/mol. The predicted octanol–water partition coefficient (Wildman–Crippen LogP) is 7.09. The van der Waals surface area contributed by atoms with Gasteiger partial charge in [0.15, 0.2) is 5.65 Å². The van der Waals surface area contributed by atoms with Crippen molar-refractivity contribution in [2.24, 2.45) is 0 Å². The number of rotatable bonds is 4. The Morgan fingerprint density at radius 3 is 2.09 bits per heavy atom. The minimum Gasteiger partial charge on any atom is -0.497 e. The Morgan fingerprint density at radius 1 is 0.824 bits per heavy atom. The van der Waals surface area contributed by atoms with Crippen molar-refractivity contribution >= 4 is 11.0 Å². The van der Waals surface area contributed by atoms with E-state index in [0.29, 0.717) is 22.6 Å². The molecule has 0 aliphatic heterocycles. The van der Waals surface area contributed by atoms with Gasteiger partial charge in [0, 0.05) is 11.1 Å². The number of nitrogens with zero attached hydrogens (tertiary/aromatic N) is 3. The van der Waals surface area contributed by atoms with Gasteiger partial charge in [-0.05, 0) is 49.4 Å². The molecule has 0 atom stereocenters. The van der Waals surface area contributed by atoms with Gasteiger partial charge in [-0.25, -0.2) is 9.67 Å². The molecule has 2 heterocycles. The van der Waals surface area contributed by atoms with E-state index in [0.717, 1.165) is 11.6 Å². The minimum absolute atomic E-state index is 0.0301. The molecule has 5 aromatic rings. The molecule has 34 heavy (non-hydrogen) atoms. The van der Waals surface area contributed by atoms with E-state index in [-0.39, 0.29) is 22.4 Å². The monoisotopic (exact) mass is 459 g/mol. The maximum atomic E-state index is 14.4. The number of alkyl halides is 3. The Balaban J connectivity index is 1.86. The van der Waals surface area contributed by atoms with Crippen molar-refractivity contribution in [2.45, 2.75) is 13.1 Å². The molecule has 3 aromatic carbocycles. The molecule has 4 nitrogen and oxygen atoms in total. The number of pyridine rings is 1. The smallest absolute Gasteiger partial charge is 0.417 e. The van der Waals surface area contributed by atoms with Gasteiger partial charge in [0.2, 0.25) is 0 Å². The van der Waals surface area contributed by atoms with Crippen molar-refractivity contribution in [3.8, 4) is 34.0 Å². The largest absolute Gasteiger partial charge is 0.497 e. The highest BCUT2D eigenvalue weighted by atomic mass is 19.4. The molecule has 7 heteroatoms. The van der Waals surface area contributed by atoms with E-state index >= 15 is 0 Å². The Kier molecular flexibility index (Phi) is 5.32. The first-order valence-corrected chi connectivity index (χ1v) is 10.6. The fourth-order valence-corrected chi connectivity index (χ4v) is 3.91. The Bertz CT molecular complexity index is 1460. The Labute approximate surface area is 194 Å². The quantitative estimate of drug-likeness (QED) is 0.288. The first-order valence-electron chi connectivity index (χ1n) is 10.6. The minimum atomic E-state index is -4.60. The van der Waals surface area contributed by atoms with E-state index in [9.17, 15) is 13.2 Å². The van der Waals surface area contributed by atoms with Gasteiger partial charge in [0.25, 0.3) is 0 Å². The lowest BCUT2D eigenvalue weighted by molar-refractivity contribution is -0.136. The third-order valence-corrected chi connectivity index (χ3v) is 5.65. The standard InChI is InChI=1S/C27H20F3N3O/c1-17-8-10-19(11-9-17)25-24-22(27(28,29)30)16-23(18-12-14-21(34-2)15-13-18)31-26(24)33(32-25)20-6-4-3-5-7-20/h3-16H,1-2H3. The van der Waals surface area contributed by atoms with Crippen LogP contribution in [0.2, 0.25) is 0 Å². The summed E-state index contributed by atoms with van der Waals surface area (Å²) in [5, 5.41) is 4.60. The molecule has 0 N–H and O–H groups in total. The molecule has 0 amide bonds. The number of methoxy groups -OCH3 is 1. The number of aromatic nitrogens is 3. The summed E-state index contributed by atoms with van der Waals surface area (Å²) in [4.78, 5) is 4.67. The molecule has 170 valence electrons. The molecule has 0 bridgehead atoms. The highest BCUT2D eigenvalue weighted by Gasteiger charge is 2.36.